The number of carbonyl (C=O) groups is 2. The van der Waals surface area contributed by atoms with Crippen molar-refractivity contribution in [1.82, 2.24) is 31.7 Å². The lowest BCUT2D eigenvalue weighted by atomic mass is 10.1. The zero-order valence-corrected chi connectivity index (χ0v) is 14.2. The third kappa shape index (κ3) is 3.45. The van der Waals surface area contributed by atoms with Crippen molar-refractivity contribution in [3.63, 3.8) is 0 Å². The van der Waals surface area contributed by atoms with Gasteiger partial charge in [-0.1, -0.05) is 35.0 Å². The average Bonchev–Trinajstić information content (AvgIpc) is 3.25. The summed E-state index contributed by atoms with van der Waals surface area (Å²) in [4.78, 5) is 24.2. The van der Waals surface area contributed by atoms with Crippen LogP contribution in [-0.2, 0) is 16.0 Å². The lowest BCUT2D eigenvalue weighted by Gasteiger charge is -2.33. The summed E-state index contributed by atoms with van der Waals surface area (Å²) in [5.74, 6) is 0.184. The molecule has 5 N–H and O–H groups in total. The first-order valence-electron chi connectivity index (χ1n) is 8.44. The highest BCUT2D eigenvalue weighted by Crippen LogP contribution is 2.20. The number of hydrogen-bond acceptors (Lipinski definition) is 7. The monoisotopic (exact) mass is 356 g/mol. The van der Waals surface area contributed by atoms with Crippen molar-refractivity contribution in [3.05, 3.63) is 41.6 Å². The molecule has 2 fully saturated rings. The Kier molecular flexibility index (Phi) is 4.41. The van der Waals surface area contributed by atoms with Crippen LogP contribution in [0.3, 0.4) is 0 Å². The molecule has 2 saturated heterocycles. The molecule has 2 amide bonds. The molecule has 3 unspecified atom stereocenters. The predicted octanol–water partition coefficient (Wildman–Crippen LogP) is -0.843. The molecular weight excluding hydrogens is 336 g/mol. The molecule has 3 atom stereocenters. The molecule has 0 spiro atoms. The molecule has 9 heteroatoms. The first kappa shape index (κ1) is 16.7. The Balaban J connectivity index is 1.35. The topological polar surface area (TPSA) is 120 Å². The first-order valence-corrected chi connectivity index (χ1v) is 8.44. The Morgan fingerprint density at radius 1 is 1.31 bits per heavy atom. The lowest BCUT2D eigenvalue weighted by Crippen LogP contribution is -2.71. The number of amides is 2. The van der Waals surface area contributed by atoms with Gasteiger partial charge in [-0.15, -0.1) is 0 Å². The van der Waals surface area contributed by atoms with Crippen molar-refractivity contribution in [2.75, 3.05) is 6.67 Å². The second kappa shape index (κ2) is 6.87. The highest BCUT2D eigenvalue weighted by molar-refractivity contribution is 5.85. The van der Waals surface area contributed by atoms with E-state index in [4.69, 9.17) is 4.52 Å². The number of hydrogen-bond donors (Lipinski definition) is 5. The zero-order valence-electron chi connectivity index (χ0n) is 14.2. The fourth-order valence-corrected chi connectivity index (χ4v) is 3.07. The van der Waals surface area contributed by atoms with Gasteiger partial charge in [0.15, 0.2) is 12.0 Å². The Morgan fingerprint density at radius 2 is 2.12 bits per heavy atom. The van der Waals surface area contributed by atoms with Crippen LogP contribution >= 0.6 is 0 Å². The number of carbonyl (C=O) groups excluding carboxylic acids is 2. The van der Waals surface area contributed by atoms with E-state index in [1.165, 1.54) is 0 Å². The Morgan fingerprint density at radius 3 is 2.92 bits per heavy atom. The fourth-order valence-electron chi connectivity index (χ4n) is 3.07. The van der Waals surface area contributed by atoms with Crippen molar-refractivity contribution in [2.45, 2.75) is 31.8 Å². The standard InChI is InChI=1S/C17H20N6O3/c1-9-2-4-10(5-3-9)12-6-11(23-26-12)7-13(24)20-17-21-15-14(16(25)22-17)18-8-19-15/h2-6,14-15,17-19,21H,7-8H2,1H3,(H,20,24)(H,22,25). The average molecular weight is 356 g/mol. The van der Waals surface area contributed by atoms with E-state index in [1.54, 1.807) is 6.07 Å². The van der Waals surface area contributed by atoms with E-state index in [-0.39, 0.29) is 30.4 Å². The molecule has 0 aliphatic carbocycles. The van der Waals surface area contributed by atoms with Gasteiger partial charge in [0, 0.05) is 18.3 Å². The van der Waals surface area contributed by atoms with Crippen molar-refractivity contribution in [2.24, 2.45) is 0 Å². The second-order valence-electron chi connectivity index (χ2n) is 6.44. The Hall–Kier alpha value is -2.75. The summed E-state index contributed by atoms with van der Waals surface area (Å²) in [7, 11) is 0. The van der Waals surface area contributed by atoms with Crippen LogP contribution in [0, 0.1) is 6.92 Å². The summed E-state index contributed by atoms with van der Waals surface area (Å²) in [6.07, 6.45) is -0.787. The van der Waals surface area contributed by atoms with E-state index in [2.05, 4.69) is 31.7 Å². The molecule has 2 aromatic rings. The minimum Gasteiger partial charge on any atom is -0.356 e. The highest BCUT2D eigenvalue weighted by atomic mass is 16.5. The fraction of sp³-hybridized carbons (Fsp3) is 0.353. The van der Waals surface area contributed by atoms with Gasteiger partial charge in [0.2, 0.25) is 11.8 Å². The lowest BCUT2D eigenvalue weighted by molar-refractivity contribution is -0.128. The minimum atomic E-state index is -0.632. The molecule has 26 heavy (non-hydrogen) atoms. The summed E-state index contributed by atoms with van der Waals surface area (Å²) in [6.45, 7) is 2.55. The quantitative estimate of drug-likeness (QED) is 0.484. The second-order valence-corrected chi connectivity index (χ2v) is 6.44. The van der Waals surface area contributed by atoms with Crippen LogP contribution in [0.2, 0.25) is 0 Å². The summed E-state index contributed by atoms with van der Waals surface area (Å²) >= 11 is 0. The molecule has 136 valence electrons. The predicted molar refractivity (Wildman–Crippen MR) is 92.3 cm³/mol. The van der Waals surface area contributed by atoms with Crippen LogP contribution in [0.25, 0.3) is 11.3 Å². The Bertz CT molecular complexity index is 818. The van der Waals surface area contributed by atoms with E-state index in [0.29, 0.717) is 18.1 Å². The van der Waals surface area contributed by atoms with Crippen molar-refractivity contribution < 1.29 is 14.1 Å². The van der Waals surface area contributed by atoms with E-state index < -0.39 is 6.29 Å². The SMILES string of the molecule is Cc1ccc(-c2cc(CC(=O)NC3NC(=O)C4NCNC4N3)no2)cc1. The largest absolute Gasteiger partial charge is 0.356 e. The third-order valence-electron chi connectivity index (χ3n) is 4.43. The molecule has 1 aromatic heterocycles. The molecule has 2 aliphatic rings. The van der Waals surface area contributed by atoms with E-state index in [1.807, 2.05) is 31.2 Å². The van der Waals surface area contributed by atoms with Gasteiger partial charge in [0.25, 0.3) is 0 Å². The van der Waals surface area contributed by atoms with E-state index in [0.717, 1.165) is 11.1 Å². The molecule has 2 aliphatic heterocycles. The minimum absolute atomic E-state index is 0.0587. The zero-order chi connectivity index (χ0) is 18.1. The van der Waals surface area contributed by atoms with Gasteiger partial charge in [-0.25, -0.2) is 0 Å². The van der Waals surface area contributed by atoms with Crippen molar-refractivity contribution in [1.29, 1.82) is 0 Å². The smallest absolute Gasteiger partial charge is 0.242 e. The number of rotatable bonds is 4. The number of nitrogens with zero attached hydrogens (tertiary/aromatic N) is 1. The number of benzene rings is 1. The normalized spacial score (nSPS) is 24.8. The third-order valence-corrected chi connectivity index (χ3v) is 4.43. The molecule has 0 radical (unpaired) electrons. The van der Waals surface area contributed by atoms with Gasteiger partial charge in [-0.2, -0.15) is 0 Å². The first-order chi connectivity index (χ1) is 12.6. The van der Waals surface area contributed by atoms with Gasteiger partial charge >= 0.3 is 0 Å². The van der Waals surface area contributed by atoms with E-state index >= 15 is 0 Å². The summed E-state index contributed by atoms with van der Waals surface area (Å²) in [5, 5.41) is 18.6. The molecule has 4 rings (SSSR count). The van der Waals surface area contributed by atoms with Crippen molar-refractivity contribution in [3.8, 4) is 11.3 Å². The molecule has 0 saturated carbocycles. The number of nitrogens with one attached hydrogen (secondary N) is 5. The van der Waals surface area contributed by atoms with Crippen LogP contribution in [0.15, 0.2) is 34.9 Å². The van der Waals surface area contributed by atoms with Crippen LogP contribution in [0.4, 0.5) is 0 Å². The molecular formula is C17H20N6O3. The maximum absolute atomic E-state index is 12.2. The van der Waals surface area contributed by atoms with Crippen LogP contribution in [-0.4, -0.2) is 42.1 Å². The number of aromatic nitrogens is 1. The summed E-state index contributed by atoms with van der Waals surface area (Å²) in [6, 6.07) is 9.27. The van der Waals surface area contributed by atoms with Gasteiger partial charge in [0.05, 0.1) is 18.3 Å². The number of aryl methyl sites for hydroxylation is 1. The van der Waals surface area contributed by atoms with Gasteiger partial charge in [0.1, 0.15) is 6.04 Å². The van der Waals surface area contributed by atoms with E-state index in [9.17, 15) is 9.59 Å². The highest BCUT2D eigenvalue weighted by Gasteiger charge is 2.39. The molecule has 9 nitrogen and oxygen atoms in total. The molecule has 3 heterocycles. The van der Waals surface area contributed by atoms with Crippen LogP contribution in [0.1, 0.15) is 11.3 Å². The Labute approximate surface area is 149 Å². The van der Waals surface area contributed by atoms with Crippen LogP contribution < -0.4 is 26.6 Å². The van der Waals surface area contributed by atoms with Crippen molar-refractivity contribution >= 4 is 11.8 Å². The van der Waals surface area contributed by atoms with Gasteiger partial charge < -0.3 is 15.2 Å². The summed E-state index contributed by atoms with van der Waals surface area (Å²) < 4.78 is 5.32. The summed E-state index contributed by atoms with van der Waals surface area (Å²) in [5.41, 5.74) is 2.59. The maximum Gasteiger partial charge on any atom is 0.242 e. The van der Waals surface area contributed by atoms with Gasteiger partial charge in [-0.3, -0.25) is 25.5 Å². The maximum atomic E-state index is 12.2. The van der Waals surface area contributed by atoms with Crippen LogP contribution in [0.5, 0.6) is 0 Å². The molecule has 0 bridgehead atoms. The number of fused-ring (bicyclic) bond motifs is 1. The van der Waals surface area contributed by atoms with Gasteiger partial charge in [-0.05, 0) is 6.92 Å². The molecule has 1 aromatic carbocycles.